The van der Waals surface area contributed by atoms with E-state index in [1.807, 2.05) is 0 Å². The van der Waals surface area contributed by atoms with Crippen molar-refractivity contribution in [3.05, 3.63) is 106 Å². The molecule has 1 heterocycles. The van der Waals surface area contributed by atoms with Crippen LogP contribution in [0.3, 0.4) is 0 Å². The Morgan fingerprint density at radius 3 is 2.44 bits per heavy atom. The Kier molecular flexibility index (Phi) is 8.17. The minimum Gasteiger partial charge on any atom is -0.493 e. The van der Waals surface area contributed by atoms with Crippen molar-refractivity contribution in [1.29, 1.82) is 5.26 Å². The third kappa shape index (κ3) is 5.93. The maximum atomic E-state index is 13.9. The first-order valence-corrected chi connectivity index (χ1v) is 15.2. The molecule has 0 radical (unpaired) electrons. The number of rotatable bonds is 10. The SMILES string of the molecule is CC(C)OCc1nc(=O)c(S(=O)(=O)c2ccc(-c3ccccc3C(N)=O)cc2)c(O)n1[C@H](c1cccc(C#N)c1)C1CC1. The normalized spacial score (nSPS) is 13.9. The van der Waals surface area contributed by atoms with Gasteiger partial charge in [-0.05, 0) is 79.6 Å². The number of nitrogens with zero attached hydrogens (tertiary/aromatic N) is 3. The molecule has 11 heteroatoms. The van der Waals surface area contributed by atoms with E-state index in [0.717, 1.165) is 12.8 Å². The summed E-state index contributed by atoms with van der Waals surface area (Å²) in [6, 6.07) is 20.6. The number of carbonyl (C=O) groups is 1. The van der Waals surface area contributed by atoms with Gasteiger partial charge < -0.3 is 15.6 Å². The predicted octanol–water partition coefficient (Wildman–Crippen LogP) is 4.34. The van der Waals surface area contributed by atoms with Crippen LogP contribution in [0.2, 0.25) is 0 Å². The molecule has 1 saturated carbocycles. The maximum Gasteiger partial charge on any atom is 0.296 e. The summed E-state index contributed by atoms with van der Waals surface area (Å²) in [6.07, 6.45) is 1.37. The summed E-state index contributed by atoms with van der Waals surface area (Å²) < 4.78 is 34.9. The fraction of sp³-hybridized carbons (Fsp3) is 0.250. The molecule has 10 nitrogen and oxygen atoms in total. The number of nitrogens with two attached hydrogens (primary N) is 1. The van der Waals surface area contributed by atoms with Gasteiger partial charge in [-0.3, -0.25) is 14.2 Å². The molecule has 0 saturated heterocycles. The van der Waals surface area contributed by atoms with Crippen LogP contribution in [-0.4, -0.2) is 35.1 Å². The average Bonchev–Trinajstić information content (AvgIpc) is 3.83. The van der Waals surface area contributed by atoms with Gasteiger partial charge in [0.2, 0.25) is 21.6 Å². The van der Waals surface area contributed by atoms with E-state index in [1.54, 1.807) is 62.4 Å². The molecule has 1 aromatic heterocycles. The lowest BCUT2D eigenvalue weighted by molar-refractivity contribution is 0.0568. The van der Waals surface area contributed by atoms with Gasteiger partial charge in [-0.2, -0.15) is 10.2 Å². The van der Waals surface area contributed by atoms with E-state index < -0.39 is 38.1 Å². The largest absolute Gasteiger partial charge is 0.493 e. The summed E-state index contributed by atoms with van der Waals surface area (Å²) in [5, 5.41) is 21.1. The van der Waals surface area contributed by atoms with Crippen LogP contribution in [0.4, 0.5) is 0 Å². The van der Waals surface area contributed by atoms with Gasteiger partial charge in [0.05, 0.1) is 28.7 Å². The van der Waals surface area contributed by atoms with Gasteiger partial charge >= 0.3 is 0 Å². The lowest BCUT2D eigenvalue weighted by Crippen LogP contribution is -2.29. The lowest BCUT2D eigenvalue weighted by Gasteiger charge is -2.26. The van der Waals surface area contributed by atoms with E-state index >= 15 is 0 Å². The first-order valence-electron chi connectivity index (χ1n) is 13.7. The number of aromatic nitrogens is 2. The minimum absolute atomic E-state index is 0.0158. The Morgan fingerprint density at radius 2 is 1.81 bits per heavy atom. The number of carbonyl (C=O) groups excluding carboxylic acids is 1. The van der Waals surface area contributed by atoms with Crippen molar-refractivity contribution in [3.8, 4) is 23.1 Å². The van der Waals surface area contributed by atoms with Crippen LogP contribution in [0.5, 0.6) is 5.88 Å². The molecule has 1 aliphatic carbocycles. The highest BCUT2D eigenvalue weighted by Crippen LogP contribution is 2.46. The second-order valence-corrected chi connectivity index (χ2v) is 12.6. The Bertz CT molecular complexity index is 1910. The van der Waals surface area contributed by atoms with E-state index in [4.69, 9.17) is 10.5 Å². The van der Waals surface area contributed by atoms with Gasteiger partial charge in [0.25, 0.3) is 5.56 Å². The first-order chi connectivity index (χ1) is 20.5. The molecular weight excluding hydrogens is 568 g/mol. The first kappa shape index (κ1) is 29.7. The number of hydrogen-bond acceptors (Lipinski definition) is 8. The second-order valence-electron chi connectivity index (χ2n) is 10.7. The Hall–Kier alpha value is -4.79. The topological polar surface area (TPSA) is 165 Å². The van der Waals surface area contributed by atoms with Crippen LogP contribution in [0.15, 0.2) is 87.4 Å². The summed E-state index contributed by atoms with van der Waals surface area (Å²) >= 11 is 0. The van der Waals surface area contributed by atoms with Gasteiger partial charge in [0.15, 0.2) is 4.90 Å². The van der Waals surface area contributed by atoms with Crippen LogP contribution >= 0.6 is 0 Å². The highest BCUT2D eigenvalue weighted by atomic mass is 32.2. The fourth-order valence-electron chi connectivity index (χ4n) is 5.14. The zero-order valence-corrected chi connectivity index (χ0v) is 24.4. The van der Waals surface area contributed by atoms with Gasteiger partial charge in [-0.25, -0.2) is 8.42 Å². The molecule has 0 spiro atoms. The summed E-state index contributed by atoms with van der Waals surface area (Å²) in [4.78, 5) is 28.2. The van der Waals surface area contributed by atoms with Crippen molar-refractivity contribution in [1.82, 2.24) is 9.55 Å². The number of sulfone groups is 1. The molecular formula is C32H30N4O6S. The van der Waals surface area contributed by atoms with Crippen molar-refractivity contribution in [2.45, 2.75) is 55.2 Å². The van der Waals surface area contributed by atoms with E-state index in [0.29, 0.717) is 22.3 Å². The second kappa shape index (κ2) is 11.8. The van der Waals surface area contributed by atoms with Gasteiger partial charge in [0, 0.05) is 5.56 Å². The van der Waals surface area contributed by atoms with E-state index in [2.05, 4.69) is 11.1 Å². The van der Waals surface area contributed by atoms with Crippen molar-refractivity contribution in [3.63, 3.8) is 0 Å². The van der Waals surface area contributed by atoms with Crippen LogP contribution in [0.25, 0.3) is 11.1 Å². The van der Waals surface area contributed by atoms with Crippen molar-refractivity contribution < 1.29 is 23.1 Å². The third-order valence-electron chi connectivity index (χ3n) is 7.32. The van der Waals surface area contributed by atoms with Crippen LogP contribution in [-0.2, 0) is 21.2 Å². The highest BCUT2D eigenvalue weighted by Gasteiger charge is 2.39. The molecule has 4 aromatic rings. The minimum atomic E-state index is -4.56. The van der Waals surface area contributed by atoms with Crippen molar-refractivity contribution >= 4 is 15.7 Å². The zero-order valence-electron chi connectivity index (χ0n) is 23.6. The Morgan fingerprint density at radius 1 is 1.12 bits per heavy atom. The van der Waals surface area contributed by atoms with E-state index in [1.165, 1.54) is 28.8 Å². The number of primary amides is 1. The summed E-state index contributed by atoms with van der Waals surface area (Å²) in [5.41, 5.74) is 6.80. The number of aromatic hydroxyl groups is 1. The molecule has 3 aromatic carbocycles. The number of amides is 1. The van der Waals surface area contributed by atoms with Gasteiger partial charge in [-0.1, -0.05) is 42.5 Å². The third-order valence-corrected chi connectivity index (χ3v) is 9.11. The number of nitriles is 1. The fourth-order valence-corrected chi connectivity index (χ4v) is 6.48. The highest BCUT2D eigenvalue weighted by molar-refractivity contribution is 7.91. The monoisotopic (exact) mass is 598 g/mol. The molecule has 43 heavy (non-hydrogen) atoms. The molecule has 220 valence electrons. The van der Waals surface area contributed by atoms with Gasteiger partial charge in [0.1, 0.15) is 12.4 Å². The molecule has 0 bridgehead atoms. The molecule has 0 aliphatic heterocycles. The van der Waals surface area contributed by atoms with Crippen molar-refractivity contribution in [2.24, 2.45) is 11.7 Å². The lowest BCUT2D eigenvalue weighted by atomic mass is 9.99. The molecule has 5 rings (SSSR count). The van der Waals surface area contributed by atoms with E-state index in [9.17, 15) is 28.4 Å². The number of hydrogen-bond donors (Lipinski definition) is 2. The maximum absolute atomic E-state index is 13.9. The molecule has 3 N–H and O–H groups in total. The van der Waals surface area contributed by atoms with E-state index in [-0.39, 0.29) is 34.9 Å². The smallest absolute Gasteiger partial charge is 0.296 e. The summed E-state index contributed by atoms with van der Waals surface area (Å²) in [5.74, 6) is -1.28. The standard InChI is InChI=1S/C32H30N4O6S/c1-19(2)42-18-27-35-31(38)29(32(39)36(27)28(22-10-11-22)23-7-5-6-20(16-23)17-33)43(40,41)24-14-12-21(13-15-24)25-8-3-4-9-26(25)30(34)37/h3-9,12-16,19,22,28,39H,10-11,18H2,1-2H3,(H2,34,37)/t28-/m0/s1. The van der Waals surface area contributed by atoms with Crippen LogP contribution in [0, 0.1) is 17.2 Å². The number of benzene rings is 3. The Labute approximate surface area is 248 Å². The van der Waals surface area contributed by atoms with Gasteiger partial charge in [-0.15, -0.1) is 0 Å². The quantitative estimate of drug-likeness (QED) is 0.272. The number of ether oxygens (including phenoxy) is 1. The van der Waals surface area contributed by atoms with Crippen LogP contribution in [0.1, 0.15) is 60.0 Å². The summed E-state index contributed by atoms with van der Waals surface area (Å²) in [7, 11) is -4.56. The molecule has 1 aliphatic rings. The van der Waals surface area contributed by atoms with Crippen LogP contribution < -0.4 is 11.3 Å². The summed E-state index contributed by atoms with van der Waals surface area (Å²) in [6.45, 7) is 3.47. The zero-order chi connectivity index (χ0) is 30.9. The molecule has 1 atom stereocenters. The molecule has 0 unspecified atom stereocenters. The average molecular weight is 599 g/mol. The molecule has 1 amide bonds. The van der Waals surface area contributed by atoms with Crippen molar-refractivity contribution in [2.75, 3.05) is 0 Å². The predicted molar refractivity (Wildman–Crippen MR) is 158 cm³/mol. The Balaban J connectivity index is 1.66. The molecule has 1 fully saturated rings.